The van der Waals surface area contributed by atoms with Crippen LogP contribution in [0.1, 0.15) is 29.7 Å². The second-order valence-electron chi connectivity index (χ2n) is 5.42. The van der Waals surface area contributed by atoms with Crippen molar-refractivity contribution in [1.82, 2.24) is 4.72 Å². The highest BCUT2D eigenvalue weighted by molar-refractivity contribution is 7.96. The van der Waals surface area contributed by atoms with Crippen molar-refractivity contribution in [1.29, 1.82) is 0 Å². The molecule has 0 radical (unpaired) electrons. The molecule has 0 aromatic heterocycles. The van der Waals surface area contributed by atoms with Crippen LogP contribution in [0.25, 0.3) is 11.1 Å². The summed E-state index contributed by atoms with van der Waals surface area (Å²) in [5, 5.41) is 0. The van der Waals surface area contributed by atoms with Gasteiger partial charge in [0.25, 0.3) is 0 Å². The lowest BCUT2D eigenvalue weighted by Gasteiger charge is -2.18. The van der Waals surface area contributed by atoms with E-state index in [0.717, 1.165) is 11.6 Å². The van der Waals surface area contributed by atoms with E-state index in [1.165, 1.54) is 11.9 Å². The number of hydrogen-bond donors (Lipinski definition) is 2. The molecule has 0 aliphatic carbocycles. The van der Waals surface area contributed by atoms with Gasteiger partial charge in [-0.15, -0.1) is 0 Å². The Morgan fingerprint density at radius 2 is 1.74 bits per heavy atom. The Hall–Kier alpha value is -1.66. The molecule has 6 heteroatoms. The monoisotopic (exact) mass is 340 g/mol. The Morgan fingerprint density at radius 3 is 2.26 bits per heavy atom. The van der Waals surface area contributed by atoms with E-state index in [9.17, 15) is 13.2 Å². The number of benzene rings is 2. The van der Waals surface area contributed by atoms with E-state index in [-0.39, 0.29) is 17.3 Å². The van der Waals surface area contributed by atoms with E-state index in [2.05, 4.69) is 4.72 Å². The van der Waals surface area contributed by atoms with Gasteiger partial charge in [-0.3, -0.25) is 4.72 Å². The molecule has 0 bridgehead atoms. The van der Waals surface area contributed by atoms with Crippen LogP contribution in [0.15, 0.2) is 36.4 Å². The van der Waals surface area contributed by atoms with E-state index >= 15 is 0 Å². The summed E-state index contributed by atoms with van der Waals surface area (Å²) in [4.78, 5) is 0. The van der Waals surface area contributed by atoms with Crippen molar-refractivity contribution in [3.8, 4) is 11.1 Å². The standard InChI is InChI=1S/C17H19F3N2S/c1-10-8-14(21)9-15(17(18,19)20)16(10)13-6-4-12(5-7-13)11(2)22-23-3/h4-9,11,22H,21H2,1-3H3. The van der Waals surface area contributed by atoms with Gasteiger partial charge in [0.15, 0.2) is 0 Å². The number of rotatable bonds is 4. The fourth-order valence-corrected chi connectivity index (χ4v) is 3.09. The highest BCUT2D eigenvalue weighted by Crippen LogP contribution is 2.40. The number of anilines is 1. The number of nitrogens with two attached hydrogens (primary N) is 1. The average molecular weight is 340 g/mol. The minimum Gasteiger partial charge on any atom is -0.399 e. The molecule has 0 heterocycles. The van der Waals surface area contributed by atoms with E-state index in [0.29, 0.717) is 11.1 Å². The molecule has 0 spiro atoms. The fourth-order valence-electron chi connectivity index (χ4n) is 2.61. The first kappa shape index (κ1) is 17.7. The zero-order valence-corrected chi connectivity index (χ0v) is 14.0. The molecule has 0 amide bonds. The van der Waals surface area contributed by atoms with Gasteiger partial charge < -0.3 is 5.73 Å². The molecule has 2 aromatic rings. The van der Waals surface area contributed by atoms with Gasteiger partial charge >= 0.3 is 6.18 Å². The molecule has 0 aliphatic rings. The zero-order chi connectivity index (χ0) is 17.2. The molecule has 3 N–H and O–H groups in total. The molecule has 2 nitrogen and oxygen atoms in total. The predicted molar refractivity (Wildman–Crippen MR) is 91.1 cm³/mol. The van der Waals surface area contributed by atoms with Crippen molar-refractivity contribution >= 4 is 17.6 Å². The van der Waals surface area contributed by atoms with Gasteiger partial charge in [-0.1, -0.05) is 36.2 Å². The van der Waals surface area contributed by atoms with Crippen LogP contribution >= 0.6 is 11.9 Å². The second kappa shape index (κ2) is 6.84. The van der Waals surface area contributed by atoms with Crippen LogP contribution in [0, 0.1) is 6.92 Å². The summed E-state index contributed by atoms with van der Waals surface area (Å²) in [5.74, 6) is 0. The zero-order valence-electron chi connectivity index (χ0n) is 13.2. The molecule has 2 aromatic carbocycles. The Labute approximate surface area is 138 Å². The molecule has 0 saturated carbocycles. The third-order valence-corrected chi connectivity index (χ3v) is 4.25. The Kier molecular flexibility index (Phi) is 5.26. The van der Waals surface area contributed by atoms with Crippen molar-refractivity contribution < 1.29 is 13.2 Å². The number of nitrogens with one attached hydrogen (secondary N) is 1. The van der Waals surface area contributed by atoms with Crippen molar-refractivity contribution in [2.45, 2.75) is 26.1 Å². The maximum absolute atomic E-state index is 13.3. The number of halogens is 3. The quantitative estimate of drug-likeness (QED) is 0.594. The lowest BCUT2D eigenvalue weighted by atomic mass is 9.93. The van der Waals surface area contributed by atoms with Crippen LogP contribution in [-0.4, -0.2) is 6.26 Å². The van der Waals surface area contributed by atoms with Gasteiger partial charge in [0.2, 0.25) is 0 Å². The van der Waals surface area contributed by atoms with Gasteiger partial charge in [0.05, 0.1) is 5.56 Å². The summed E-state index contributed by atoms with van der Waals surface area (Å²) in [6.45, 7) is 3.65. The van der Waals surface area contributed by atoms with Crippen molar-refractivity contribution in [2.75, 3.05) is 12.0 Å². The van der Waals surface area contributed by atoms with Gasteiger partial charge in [0.1, 0.15) is 0 Å². The number of hydrogen-bond acceptors (Lipinski definition) is 3. The molecular formula is C17H19F3N2S. The van der Waals surface area contributed by atoms with Crippen LogP contribution in [-0.2, 0) is 6.18 Å². The lowest BCUT2D eigenvalue weighted by Crippen LogP contribution is -2.10. The molecule has 23 heavy (non-hydrogen) atoms. The Bertz CT molecular complexity index is 681. The number of alkyl halides is 3. The third kappa shape index (κ3) is 4.00. The minimum atomic E-state index is -4.44. The largest absolute Gasteiger partial charge is 0.417 e. The molecule has 1 atom stereocenters. The molecular weight excluding hydrogens is 321 g/mol. The summed E-state index contributed by atoms with van der Waals surface area (Å²) >= 11 is 1.50. The highest BCUT2D eigenvalue weighted by Gasteiger charge is 2.34. The number of nitrogen functional groups attached to an aromatic ring is 1. The number of aryl methyl sites for hydroxylation is 1. The Balaban J connectivity index is 2.50. The summed E-state index contributed by atoms with van der Waals surface area (Å²) in [7, 11) is 0. The van der Waals surface area contributed by atoms with Gasteiger partial charge in [-0.25, -0.2) is 0 Å². The summed E-state index contributed by atoms with van der Waals surface area (Å²) in [6, 6.07) is 9.82. The first-order chi connectivity index (χ1) is 10.7. The molecule has 0 saturated heterocycles. The van der Waals surface area contributed by atoms with Gasteiger partial charge in [0, 0.05) is 11.7 Å². The smallest absolute Gasteiger partial charge is 0.399 e. The van der Waals surface area contributed by atoms with Crippen LogP contribution in [0.3, 0.4) is 0 Å². The normalized spacial score (nSPS) is 13.1. The van der Waals surface area contributed by atoms with E-state index in [1.54, 1.807) is 25.1 Å². The minimum absolute atomic E-state index is 0.119. The maximum atomic E-state index is 13.3. The second-order valence-corrected chi connectivity index (χ2v) is 6.07. The summed E-state index contributed by atoms with van der Waals surface area (Å²) in [5.41, 5.74) is 7.27. The lowest BCUT2D eigenvalue weighted by molar-refractivity contribution is -0.137. The van der Waals surface area contributed by atoms with Crippen LogP contribution < -0.4 is 10.5 Å². The first-order valence-electron chi connectivity index (χ1n) is 7.10. The molecule has 124 valence electrons. The molecule has 0 fully saturated rings. The molecule has 2 rings (SSSR count). The van der Waals surface area contributed by atoms with E-state index in [4.69, 9.17) is 5.73 Å². The fraction of sp³-hybridized carbons (Fsp3) is 0.294. The van der Waals surface area contributed by atoms with Crippen LogP contribution in [0.4, 0.5) is 18.9 Å². The first-order valence-corrected chi connectivity index (χ1v) is 8.32. The topological polar surface area (TPSA) is 38.0 Å². The highest BCUT2D eigenvalue weighted by atomic mass is 32.2. The van der Waals surface area contributed by atoms with Crippen molar-refractivity contribution in [3.05, 3.63) is 53.1 Å². The van der Waals surface area contributed by atoms with Gasteiger partial charge in [-0.05, 0) is 54.5 Å². The van der Waals surface area contributed by atoms with Gasteiger partial charge in [-0.2, -0.15) is 13.2 Å². The SMILES string of the molecule is CSNC(C)c1ccc(-c2c(C)cc(N)cc2C(F)(F)F)cc1. The van der Waals surface area contributed by atoms with Crippen molar-refractivity contribution in [3.63, 3.8) is 0 Å². The van der Waals surface area contributed by atoms with Crippen LogP contribution in [0.2, 0.25) is 0 Å². The molecule has 0 aliphatic heterocycles. The van der Waals surface area contributed by atoms with E-state index < -0.39 is 11.7 Å². The third-order valence-electron chi connectivity index (χ3n) is 3.66. The van der Waals surface area contributed by atoms with Crippen LogP contribution in [0.5, 0.6) is 0 Å². The summed E-state index contributed by atoms with van der Waals surface area (Å²) in [6.07, 6.45) is -2.51. The predicted octanol–water partition coefficient (Wildman–Crippen LogP) is 5.19. The maximum Gasteiger partial charge on any atom is 0.417 e. The van der Waals surface area contributed by atoms with Crippen molar-refractivity contribution in [2.24, 2.45) is 0 Å². The van der Waals surface area contributed by atoms with E-state index in [1.807, 2.05) is 25.3 Å². The summed E-state index contributed by atoms with van der Waals surface area (Å²) < 4.78 is 43.2. The Morgan fingerprint density at radius 1 is 1.13 bits per heavy atom. The molecule has 1 unspecified atom stereocenters. The average Bonchev–Trinajstić information content (AvgIpc) is 2.46.